The summed E-state index contributed by atoms with van der Waals surface area (Å²) in [5.41, 5.74) is 2.52. The molecule has 0 aliphatic heterocycles. The normalized spacial score (nSPS) is 11.0. The van der Waals surface area contributed by atoms with Crippen LogP contribution < -0.4 is 5.32 Å². The number of benzene rings is 1. The van der Waals surface area contributed by atoms with Crippen molar-refractivity contribution < 1.29 is 19.1 Å². The highest BCUT2D eigenvalue weighted by molar-refractivity contribution is 6.06. The highest BCUT2D eigenvalue weighted by Crippen LogP contribution is 2.26. The number of nitrogens with one attached hydrogen (secondary N) is 1. The van der Waals surface area contributed by atoms with Gasteiger partial charge in [0.15, 0.2) is 12.3 Å². The van der Waals surface area contributed by atoms with E-state index in [0.29, 0.717) is 22.4 Å². The standard InChI is InChI=1S/C24H23N5O4/c1-15(2)29-22-18(13-25-29)17(12-19(26-22)16-8-5-4-6-9-16)24(32)33-14-21(30)27-23(31)20-10-7-11-28(20)3/h4-13,15H,14H2,1-3H3,(H,27,30,31). The first-order valence-corrected chi connectivity index (χ1v) is 10.4. The molecule has 0 fully saturated rings. The fraction of sp³-hybridized carbons (Fsp3) is 0.208. The minimum absolute atomic E-state index is 0.0270. The first-order valence-electron chi connectivity index (χ1n) is 10.4. The van der Waals surface area contributed by atoms with E-state index in [-0.39, 0.29) is 11.6 Å². The Bertz CT molecular complexity index is 1340. The van der Waals surface area contributed by atoms with Crippen LogP contribution in [0.4, 0.5) is 0 Å². The van der Waals surface area contributed by atoms with E-state index >= 15 is 0 Å². The van der Waals surface area contributed by atoms with Gasteiger partial charge in [-0.1, -0.05) is 30.3 Å². The largest absolute Gasteiger partial charge is 0.452 e. The van der Waals surface area contributed by atoms with Crippen molar-refractivity contribution in [2.45, 2.75) is 19.9 Å². The number of nitrogens with zero attached hydrogens (tertiary/aromatic N) is 4. The zero-order valence-corrected chi connectivity index (χ0v) is 18.5. The number of ether oxygens (including phenoxy) is 1. The summed E-state index contributed by atoms with van der Waals surface area (Å²) in [4.78, 5) is 42.0. The number of carbonyl (C=O) groups excluding carboxylic acids is 3. The van der Waals surface area contributed by atoms with E-state index in [1.54, 1.807) is 46.9 Å². The average Bonchev–Trinajstić information content (AvgIpc) is 3.43. The van der Waals surface area contributed by atoms with Crippen LogP contribution in [0.2, 0.25) is 0 Å². The second kappa shape index (κ2) is 9.07. The summed E-state index contributed by atoms with van der Waals surface area (Å²) in [7, 11) is 1.69. The Kier molecular flexibility index (Phi) is 6.03. The van der Waals surface area contributed by atoms with Crippen molar-refractivity contribution in [3.8, 4) is 11.3 Å². The van der Waals surface area contributed by atoms with Gasteiger partial charge in [0.1, 0.15) is 5.69 Å². The SMILES string of the molecule is CC(C)n1ncc2c(C(=O)OCC(=O)NC(=O)c3cccn3C)cc(-c3ccccc3)nc21. The highest BCUT2D eigenvalue weighted by atomic mass is 16.5. The summed E-state index contributed by atoms with van der Waals surface area (Å²) in [6, 6.07) is 14.4. The molecule has 0 atom stereocenters. The van der Waals surface area contributed by atoms with Crippen LogP contribution in [-0.2, 0) is 16.6 Å². The van der Waals surface area contributed by atoms with Crippen LogP contribution in [-0.4, -0.2) is 43.7 Å². The van der Waals surface area contributed by atoms with Crippen LogP contribution in [0.25, 0.3) is 22.3 Å². The number of imide groups is 1. The van der Waals surface area contributed by atoms with Gasteiger partial charge in [-0.05, 0) is 32.0 Å². The predicted molar refractivity (Wildman–Crippen MR) is 122 cm³/mol. The zero-order valence-electron chi connectivity index (χ0n) is 18.5. The molecular weight excluding hydrogens is 422 g/mol. The van der Waals surface area contributed by atoms with E-state index in [4.69, 9.17) is 9.72 Å². The molecular formula is C24H23N5O4. The molecule has 0 bridgehead atoms. The monoisotopic (exact) mass is 445 g/mol. The smallest absolute Gasteiger partial charge is 0.339 e. The minimum Gasteiger partial charge on any atom is -0.452 e. The van der Waals surface area contributed by atoms with Gasteiger partial charge in [-0.2, -0.15) is 5.10 Å². The number of carbonyl (C=O) groups is 3. The molecule has 33 heavy (non-hydrogen) atoms. The van der Waals surface area contributed by atoms with Gasteiger partial charge in [-0.3, -0.25) is 14.9 Å². The maximum Gasteiger partial charge on any atom is 0.339 e. The topological polar surface area (TPSA) is 108 Å². The van der Waals surface area contributed by atoms with E-state index in [1.807, 2.05) is 44.2 Å². The Morgan fingerprint density at radius 2 is 1.85 bits per heavy atom. The van der Waals surface area contributed by atoms with Gasteiger partial charge in [-0.15, -0.1) is 0 Å². The van der Waals surface area contributed by atoms with Crippen LogP contribution in [0.15, 0.2) is 60.9 Å². The maximum absolute atomic E-state index is 12.9. The highest BCUT2D eigenvalue weighted by Gasteiger charge is 2.21. The molecule has 9 nitrogen and oxygen atoms in total. The summed E-state index contributed by atoms with van der Waals surface area (Å²) in [6.45, 7) is 3.34. The molecule has 2 amide bonds. The van der Waals surface area contributed by atoms with E-state index in [2.05, 4.69) is 10.4 Å². The Balaban J connectivity index is 1.57. The lowest BCUT2D eigenvalue weighted by molar-refractivity contribution is -0.123. The van der Waals surface area contributed by atoms with Crippen molar-refractivity contribution in [3.63, 3.8) is 0 Å². The van der Waals surface area contributed by atoms with Gasteiger partial charge in [0.05, 0.1) is 22.8 Å². The number of rotatable bonds is 6. The molecule has 0 saturated heterocycles. The summed E-state index contributed by atoms with van der Waals surface area (Å²) in [5, 5.41) is 7.10. The molecule has 0 spiro atoms. The number of hydrogen-bond donors (Lipinski definition) is 1. The van der Waals surface area contributed by atoms with Crippen molar-refractivity contribution in [2.24, 2.45) is 7.05 Å². The fourth-order valence-electron chi connectivity index (χ4n) is 3.45. The average molecular weight is 445 g/mol. The number of aryl methyl sites for hydroxylation is 1. The van der Waals surface area contributed by atoms with E-state index in [0.717, 1.165) is 5.56 Å². The van der Waals surface area contributed by atoms with Crippen molar-refractivity contribution in [3.05, 3.63) is 72.2 Å². The molecule has 1 N–H and O–H groups in total. The van der Waals surface area contributed by atoms with E-state index in [9.17, 15) is 14.4 Å². The summed E-state index contributed by atoms with van der Waals surface area (Å²) in [5.74, 6) is -2.00. The molecule has 3 aromatic heterocycles. The van der Waals surface area contributed by atoms with E-state index < -0.39 is 24.4 Å². The van der Waals surface area contributed by atoms with Gasteiger partial charge >= 0.3 is 5.97 Å². The quantitative estimate of drug-likeness (QED) is 0.457. The van der Waals surface area contributed by atoms with E-state index in [1.165, 1.54) is 0 Å². The lowest BCUT2D eigenvalue weighted by Gasteiger charge is -2.11. The van der Waals surface area contributed by atoms with Crippen molar-refractivity contribution in [2.75, 3.05) is 6.61 Å². The predicted octanol–water partition coefficient (Wildman–Crippen LogP) is 3.13. The van der Waals surface area contributed by atoms with Crippen molar-refractivity contribution in [1.82, 2.24) is 24.6 Å². The lowest BCUT2D eigenvalue weighted by Crippen LogP contribution is -2.35. The summed E-state index contributed by atoms with van der Waals surface area (Å²) in [6.07, 6.45) is 3.25. The van der Waals surface area contributed by atoms with Gasteiger partial charge < -0.3 is 9.30 Å². The maximum atomic E-state index is 12.9. The fourth-order valence-corrected chi connectivity index (χ4v) is 3.45. The van der Waals surface area contributed by atoms with Gasteiger partial charge in [0.2, 0.25) is 0 Å². The number of pyridine rings is 1. The number of aromatic nitrogens is 4. The third-order valence-corrected chi connectivity index (χ3v) is 5.11. The Morgan fingerprint density at radius 1 is 1.09 bits per heavy atom. The van der Waals surface area contributed by atoms with Gasteiger partial charge in [-0.25, -0.2) is 14.5 Å². The van der Waals surface area contributed by atoms with Crippen LogP contribution in [0.1, 0.15) is 40.7 Å². The van der Waals surface area contributed by atoms with Gasteiger partial charge in [0.25, 0.3) is 11.8 Å². The molecule has 0 unspecified atom stereocenters. The molecule has 0 aliphatic rings. The Labute approximate surface area is 190 Å². The first-order chi connectivity index (χ1) is 15.8. The molecule has 9 heteroatoms. The number of amides is 2. The number of fused-ring (bicyclic) bond motifs is 1. The molecule has 4 aromatic rings. The molecule has 168 valence electrons. The molecule has 4 rings (SSSR count). The summed E-state index contributed by atoms with van der Waals surface area (Å²) >= 11 is 0. The molecule has 0 saturated carbocycles. The third kappa shape index (κ3) is 4.52. The third-order valence-electron chi connectivity index (χ3n) is 5.11. The van der Waals surface area contributed by atoms with Gasteiger partial charge in [0, 0.05) is 24.8 Å². The first kappa shape index (κ1) is 21.9. The second-order valence-corrected chi connectivity index (χ2v) is 7.80. The minimum atomic E-state index is -0.721. The van der Waals surface area contributed by atoms with Crippen LogP contribution in [0, 0.1) is 0 Å². The molecule has 3 heterocycles. The van der Waals surface area contributed by atoms with Crippen LogP contribution in [0.3, 0.4) is 0 Å². The lowest BCUT2D eigenvalue weighted by atomic mass is 10.1. The van der Waals surface area contributed by atoms with Crippen LogP contribution in [0.5, 0.6) is 0 Å². The zero-order chi connectivity index (χ0) is 23.5. The van der Waals surface area contributed by atoms with Crippen molar-refractivity contribution in [1.29, 1.82) is 0 Å². The molecule has 0 aliphatic carbocycles. The second-order valence-electron chi connectivity index (χ2n) is 7.80. The number of hydrogen-bond acceptors (Lipinski definition) is 6. The molecule has 1 aromatic carbocycles. The number of esters is 1. The summed E-state index contributed by atoms with van der Waals surface area (Å²) < 4.78 is 8.54. The Morgan fingerprint density at radius 3 is 2.52 bits per heavy atom. The Hall–Kier alpha value is -4.27. The molecule has 0 radical (unpaired) electrons. The van der Waals surface area contributed by atoms with Crippen LogP contribution >= 0.6 is 0 Å². The van der Waals surface area contributed by atoms with Crippen molar-refractivity contribution >= 4 is 28.8 Å².